The molecule has 0 spiro atoms. The first-order valence-electron chi connectivity index (χ1n) is 21.3. The van der Waals surface area contributed by atoms with Crippen molar-refractivity contribution in [1.82, 2.24) is 0 Å². The molecule has 0 amide bonds. The van der Waals surface area contributed by atoms with Crippen LogP contribution < -0.4 is 0 Å². The first-order chi connectivity index (χ1) is 28.0. The molecule has 0 saturated heterocycles. The Morgan fingerprint density at radius 2 is 0.983 bits per heavy atom. The summed E-state index contributed by atoms with van der Waals surface area (Å²) in [4.78, 5) is 35.3. The van der Waals surface area contributed by atoms with E-state index in [1.807, 2.05) is 33.3 Å². The molecule has 0 aliphatic carbocycles. The third-order valence-corrected chi connectivity index (χ3v) is 9.00. The van der Waals surface area contributed by atoms with E-state index in [4.69, 9.17) is 18.5 Å². The molecular formula is C48H77NO8P+. The SMILES string of the molecule is CC/C=C\C/C=C\C/C=C\C/C=C\C/C=C\CCCCCC(=O)OC(COC(=O)C/C=C\C/C=C\C/C=C\C/C=C\C/C=C\CC)COP(=O)(O)OCC[N+](C)(C)C. The standard InChI is InChI=1S/C48H76NO8P/c1-6-8-10-12-14-16-18-20-22-23-24-25-27-29-31-33-35-37-39-41-48(51)57-46(45-56-58(52,53)55-43-42-49(3,4)5)44-54-47(50)40-38-36-34-32-30-28-26-21-19-17-15-13-11-9-7-2/h8-11,14-17,20-22,24-26,29-32,36,38,46H,6-7,12-13,18-19,23,27-28,33-35,37,39-45H2,1-5H3/p+1/b10-8-,11-9-,16-14-,17-15-,22-20-,25-24-,26-21-,31-29-,32-30-,38-36-. The van der Waals surface area contributed by atoms with E-state index in [9.17, 15) is 19.0 Å². The van der Waals surface area contributed by atoms with Crippen LogP contribution in [0.15, 0.2) is 122 Å². The number of ether oxygens (including phenoxy) is 2. The highest BCUT2D eigenvalue weighted by atomic mass is 31.2. The van der Waals surface area contributed by atoms with Crippen molar-refractivity contribution >= 4 is 19.8 Å². The average Bonchev–Trinajstić information content (AvgIpc) is 3.17. The van der Waals surface area contributed by atoms with E-state index in [2.05, 4.69) is 117 Å². The molecular weight excluding hydrogens is 750 g/mol. The number of rotatable bonds is 36. The summed E-state index contributed by atoms with van der Waals surface area (Å²) in [6.07, 6.45) is 54.2. The Hall–Kier alpha value is -3.59. The lowest BCUT2D eigenvalue weighted by Crippen LogP contribution is -2.37. The molecule has 2 unspecified atom stereocenters. The van der Waals surface area contributed by atoms with Crippen molar-refractivity contribution in [3.8, 4) is 0 Å². The first-order valence-corrected chi connectivity index (χ1v) is 22.8. The number of hydrogen-bond donors (Lipinski definition) is 1. The summed E-state index contributed by atoms with van der Waals surface area (Å²) in [6, 6.07) is 0. The maximum Gasteiger partial charge on any atom is 0.472 e. The van der Waals surface area contributed by atoms with Gasteiger partial charge in [0.25, 0.3) is 0 Å². The predicted octanol–water partition coefficient (Wildman–Crippen LogP) is 12.1. The fourth-order valence-electron chi connectivity index (χ4n) is 4.76. The molecule has 0 aromatic carbocycles. The van der Waals surface area contributed by atoms with Crippen LogP contribution in [0, 0.1) is 0 Å². The highest BCUT2D eigenvalue weighted by molar-refractivity contribution is 7.47. The topological polar surface area (TPSA) is 108 Å². The van der Waals surface area contributed by atoms with Gasteiger partial charge >= 0.3 is 19.8 Å². The van der Waals surface area contributed by atoms with Gasteiger partial charge in [0.05, 0.1) is 34.2 Å². The Bertz CT molecular complexity index is 1390. The van der Waals surface area contributed by atoms with Crippen LogP contribution >= 0.6 is 7.82 Å². The number of phosphoric ester groups is 1. The van der Waals surface area contributed by atoms with E-state index in [1.54, 1.807) is 6.08 Å². The Morgan fingerprint density at radius 3 is 1.43 bits per heavy atom. The second-order valence-electron chi connectivity index (χ2n) is 14.6. The number of allylic oxidation sites excluding steroid dienone is 19. The van der Waals surface area contributed by atoms with Crippen LogP contribution in [0.4, 0.5) is 0 Å². The van der Waals surface area contributed by atoms with Crippen LogP contribution in [-0.2, 0) is 32.7 Å². The van der Waals surface area contributed by atoms with Crippen molar-refractivity contribution in [2.75, 3.05) is 47.5 Å². The summed E-state index contributed by atoms with van der Waals surface area (Å²) in [5, 5.41) is 0. The molecule has 2 atom stereocenters. The Morgan fingerprint density at radius 1 is 0.552 bits per heavy atom. The van der Waals surface area contributed by atoms with Gasteiger partial charge in [-0.15, -0.1) is 0 Å². The molecule has 0 aliphatic rings. The van der Waals surface area contributed by atoms with Crippen molar-refractivity contribution in [2.45, 2.75) is 123 Å². The van der Waals surface area contributed by atoms with Crippen molar-refractivity contribution in [1.29, 1.82) is 0 Å². The molecule has 0 bridgehead atoms. The number of hydrogen-bond acceptors (Lipinski definition) is 7. The molecule has 0 saturated carbocycles. The van der Waals surface area contributed by atoms with Crippen molar-refractivity contribution in [3.63, 3.8) is 0 Å². The first kappa shape index (κ1) is 54.4. The molecule has 1 N–H and O–H groups in total. The van der Waals surface area contributed by atoms with Gasteiger partial charge in [0, 0.05) is 6.42 Å². The lowest BCUT2D eigenvalue weighted by molar-refractivity contribution is -0.870. The number of likely N-dealkylation sites (N-methyl/N-ethyl adjacent to an activating group) is 1. The van der Waals surface area contributed by atoms with Gasteiger partial charge in [0.2, 0.25) is 0 Å². The van der Waals surface area contributed by atoms with Crippen LogP contribution in [0.5, 0.6) is 0 Å². The Labute approximate surface area is 352 Å². The Balaban J connectivity index is 4.60. The Kier molecular flexibility index (Phi) is 36.5. The maximum atomic E-state index is 12.7. The molecule has 58 heavy (non-hydrogen) atoms. The third kappa shape index (κ3) is 42.0. The van der Waals surface area contributed by atoms with Gasteiger partial charge in [-0.1, -0.05) is 142 Å². The number of nitrogens with zero attached hydrogens (tertiary/aromatic N) is 1. The largest absolute Gasteiger partial charge is 0.472 e. The summed E-state index contributed by atoms with van der Waals surface area (Å²) in [5.74, 6) is -1.00. The average molecular weight is 827 g/mol. The minimum absolute atomic E-state index is 0.00356. The van der Waals surface area contributed by atoms with Crippen molar-refractivity contribution in [3.05, 3.63) is 122 Å². The second kappa shape index (κ2) is 38.9. The number of unbranched alkanes of at least 4 members (excludes halogenated alkanes) is 3. The number of quaternary nitrogens is 1. The molecule has 0 fully saturated rings. The summed E-state index contributed by atoms with van der Waals surface area (Å²) >= 11 is 0. The van der Waals surface area contributed by atoms with E-state index in [0.717, 1.165) is 77.0 Å². The summed E-state index contributed by atoms with van der Waals surface area (Å²) in [5.41, 5.74) is 0. The monoisotopic (exact) mass is 827 g/mol. The molecule has 9 nitrogen and oxygen atoms in total. The smallest absolute Gasteiger partial charge is 0.461 e. The van der Waals surface area contributed by atoms with Crippen LogP contribution in [0.2, 0.25) is 0 Å². The van der Waals surface area contributed by atoms with Gasteiger partial charge in [0.1, 0.15) is 19.8 Å². The van der Waals surface area contributed by atoms with E-state index in [-0.39, 0.29) is 26.1 Å². The molecule has 0 aromatic rings. The van der Waals surface area contributed by atoms with E-state index in [0.29, 0.717) is 23.9 Å². The van der Waals surface area contributed by atoms with Gasteiger partial charge in [-0.05, 0) is 83.5 Å². The lowest BCUT2D eigenvalue weighted by Gasteiger charge is -2.24. The zero-order valence-corrected chi connectivity index (χ0v) is 37.4. The van der Waals surface area contributed by atoms with Crippen LogP contribution in [0.3, 0.4) is 0 Å². The highest BCUT2D eigenvalue weighted by Crippen LogP contribution is 2.43. The third-order valence-electron chi connectivity index (χ3n) is 8.02. The second-order valence-corrected chi connectivity index (χ2v) is 16.1. The van der Waals surface area contributed by atoms with E-state index < -0.39 is 32.5 Å². The predicted molar refractivity (Wildman–Crippen MR) is 242 cm³/mol. The summed E-state index contributed by atoms with van der Waals surface area (Å²) in [6.45, 7) is 3.99. The molecule has 326 valence electrons. The summed E-state index contributed by atoms with van der Waals surface area (Å²) < 4.78 is 34.1. The number of esters is 2. The van der Waals surface area contributed by atoms with Gasteiger partial charge < -0.3 is 18.9 Å². The minimum Gasteiger partial charge on any atom is -0.461 e. The zero-order chi connectivity index (χ0) is 42.8. The molecule has 0 heterocycles. The van der Waals surface area contributed by atoms with E-state index in [1.165, 1.54) is 0 Å². The highest BCUT2D eigenvalue weighted by Gasteiger charge is 2.27. The van der Waals surface area contributed by atoms with Crippen LogP contribution in [0.1, 0.15) is 117 Å². The number of phosphoric acid groups is 1. The molecule has 0 rings (SSSR count). The number of carbonyl (C=O) groups is 2. The molecule has 10 heteroatoms. The molecule has 0 radical (unpaired) electrons. The van der Waals surface area contributed by atoms with Crippen molar-refractivity contribution in [2.24, 2.45) is 0 Å². The maximum absolute atomic E-state index is 12.7. The fraction of sp³-hybridized carbons (Fsp3) is 0.542. The van der Waals surface area contributed by atoms with Gasteiger partial charge in [-0.3, -0.25) is 18.6 Å². The van der Waals surface area contributed by atoms with Crippen molar-refractivity contribution < 1.29 is 42.1 Å². The fourth-order valence-corrected chi connectivity index (χ4v) is 5.50. The minimum atomic E-state index is -4.41. The van der Waals surface area contributed by atoms with Gasteiger partial charge in [-0.2, -0.15) is 0 Å². The van der Waals surface area contributed by atoms with Gasteiger partial charge in [-0.25, -0.2) is 4.57 Å². The number of carbonyl (C=O) groups excluding carboxylic acids is 2. The summed E-state index contributed by atoms with van der Waals surface area (Å²) in [7, 11) is 1.38. The molecule has 0 aliphatic heterocycles. The zero-order valence-electron chi connectivity index (χ0n) is 36.5. The molecule has 0 aromatic heterocycles. The lowest BCUT2D eigenvalue weighted by atomic mass is 10.1. The van der Waals surface area contributed by atoms with Crippen LogP contribution in [-0.4, -0.2) is 74.9 Å². The van der Waals surface area contributed by atoms with E-state index >= 15 is 0 Å². The normalized spacial score (nSPS) is 14.8. The van der Waals surface area contributed by atoms with Gasteiger partial charge in [0.15, 0.2) is 6.10 Å². The van der Waals surface area contributed by atoms with Crippen LogP contribution in [0.25, 0.3) is 0 Å². The quantitative estimate of drug-likeness (QED) is 0.0219.